The fourth-order valence-electron chi connectivity index (χ4n) is 3.40. The molecule has 0 amide bonds. The summed E-state index contributed by atoms with van der Waals surface area (Å²) in [7, 11) is 0. The first-order valence-electron chi connectivity index (χ1n) is 9.29. The SMILES string of the molecule is CC(=O)OC1CC12O[C@@H](OCCCCCN)C[C@@H](OC(C)=O)[C@H]2OC(C)=O. The number of hydrogen-bond acceptors (Lipinski definition) is 9. The number of rotatable bonds is 9. The van der Waals surface area contributed by atoms with Gasteiger partial charge in [0.1, 0.15) is 12.2 Å². The van der Waals surface area contributed by atoms with Crippen LogP contribution >= 0.6 is 0 Å². The molecule has 1 saturated carbocycles. The van der Waals surface area contributed by atoms with E-state index in [1.807, 2.05) is 0 Å². The number of unbranched alkanes of at least 4 members (excludes halogenated alkanes) is 2. The third kappa shape index (κ3) is 5.88. The highest BCUT2D eigenvalue weighted by Gasteiger charge is 2.70. The number of esters is 3. The van der Waals surface area contributed by atoms with Crippen molar-refractivity contribution in [1.29, 1.82) is 0 Å². The summed E-state index contributed by atoms with van der Waals surface area (Å²) in [5, 5.41) is 0. The molecule has 2 unspecified atom stereocenters. The number of carbonyl (C=O) groups is 3. The molecule has 0 bridgehead atoms. The minimum atomic E-state index is -1.06. The first kappa shape index (κ1) is 21.6. The molecule has 0 radical (unpaired) electrons. The molecule has 2 aliphatic rings. The topological polar surface area (TPSA) is 123 Å². The quantitative estimate of drug-likeness (QED) is 0.348. The molecule has 27 heavy (non-hydrogen) atoms. The van der Waals surface area contributed by atoms with Gasteiger partial charge in [-0.15, -0.1) is 0 Å². The van der Waals surface area contributed by atoms with Gasteiger partial charge in [0.2, 0.25) is 0 Å². The number of nitrogens with two attached hydrogens (primary N) is 1. The summed E-state index contributed by atoms with van der Waals surface area (Å²) in [6, 6.07) is 0. The molecule has 0 aromatic rings. The molecule has 9 nitrogen and oxygen atoms in total. The van der Waals surface area contributed by atoms with Crippen LogP contribution in [-0.2, 0) is 38.1 Å². The normalized spacial score (nSPS) is 32.0. The Kier molecular flexibility index (Phi) is 7.58. The number of ether oxygens (including phenoxy) is 5. The van der Waals surface area contributed by atoms with Crippen molar-refractivity contribution >= 4 is 17.9 Å². The minimum Gasteiger partial charge on any atom is -0.459 e. The van der Waals surface area contributed by atoms with Crippen LogP contribution in [0.15, 0.2) is 0 Å². The Bertz CT molecular complexity index is 553. The molecule has 2 fully saturated rings. The van der Waals surface area contributed by atoms with Crippen molar-refractivity contribution in [3.8, 4) is 0 Å². The van der Waals surface area contributed by atoms with Crippen LogP contribution < -0.4 is 5.73 Å². The number of carbonyl (C=O) groups excluding carboxylic acids is 3. The van der Waals surface area contributed by atoms with Crippen LogP contribution in [0, 0.1) is 0 Å². The lowest BCUT2D eigenvalue weighted by Gasteiger charge is -2.41. The van der Waals surface area contributed by atoms with Crippen LogP contribution in [-0.4, -0.2) is 61.3 Å². The van der Waals surface area contributed by atoms with Crippen molar-refractivity contribution in [2.45, 2.75) is 83.1 Å². The molecular formula is C18H29NO8. The predicted octanol–water partition coefficient (Wildman–Crippen LogP) is 0.816. The summed E-state index contributed by atoms with van der Waals surface area (Å²) in [5.74, 6) is -1.49. The predicted molar refractivity (Wildman–Crippen MR) is 92.4 cm³/mol. The van der Waals surface area contributed by atoms with Gasteiger partial charge < -0.3 is 29.4 Å². The van der Waals surface area contributed by atoms with Crippen molar-refractivity contribution in [3.05, 3.63) is 0 Å². The van der Waals surface area contributed by atoms with Gasteiger partial charge in [0.05, 0.1) is 0 Å². The second kappa shape index (κ2) is 9.48. The van der Waals surface area contributed by atoms with Gasteiger partial charge in [0.15, 0.2) is 18.0 Å². The van der Waals surface area contributed by atoms with Gasteiger partial charge in [-0.25, -0.2) is 0 Å². The van der Waals surface area contributed by atoms with Crippen LogP contribution in [0.4, 0.5) is 0 Å². The maximum absolute atomic E-state index is 11.6. The van der Waals surface area contributed by atoms with E-state index in [0.717, 1.165) is 19.3 Å². The maximum atomic E-state index is 11.6. The van der Waals surface area contributed by atoms with Gasteiger partial charge in [-0.1, -0.05) is 0 Å². The zero-order chi connectivity index (χ0) is 20.0. The third-order valence-electron chi connectivity index (χ3n) is 4.55. The summed E-state index contributed by atoms with van der Waals surface area (Å²) < 4.78 is 27.9. The van der Waals surface area contributed by atoms with E-state index in [0.29, 0.717) is 19.6 Å². The van der Waals surface area contributed by atoms with Crippen molar-refractivity contribution < 1.29 is 38.1 Å². The van der Waals surface area contributed by atoms with E-state index in [2.05, 4.69) is 0 Å². The van der Waals surface area contributed by atoms with Crippen molar-refractivity contribution in [1.82, 2.24) is 0 Å². The van der Waals surface area contributed by atoms with Gasteiger partial charge in [-0.05, 0) is 25.8 Å². The van der Waals surface area contributed by atoms with E-state index in [1.54, 1.807) is 0 Å². The maximum Gasteiger partial charge on any atom is 0.303 e. The van der Waals surface area contributed by atoms with Crippen LogP contribution in [0.1, 0.15) is 52.9 Å². The molecule has 2 rings (SSSR count). The van der Waals surface area contributed by atoms with Crippen LogP contribution in [0.3, 0.4) is 0 Å². The second-order valence-electron chi connectivity index (χ2n) is 6.94. The van der Waals surface area contributed by atoms with Gasteiger partial charge in [-0.3, -0.25) is 14.4 Å². The molecule has 1 aliphatic heterocycles. The zero-order valence-electron chi connectivity index (χ0n) is 16.1. The highest BCUT2D eigenvalue weighted by Crippen LogP contribution is 2.52. The molecule has 1 aliphatic carbocycles. The van der Waals surface area contributed by atoms with Gasteiger partial charge in [0, 0.05) is 40.2 Å². The number of hydrogen-bond donors (Lipinski definition) is 1. The fraction of sp³-hybridized carbons (Fsp3) is 0.833. The molecule has 1 saturated heterocycles. The van der Waals surface area contributed by atoms with E-state index in [9.17, 15) is 14.4 Å². The monoisotopic (exact) mass is 387 g/mol. The summed E-state index contributed by atoms with van der Waals surface area (Å²) in [6.45, 7) is 4.94. The lowest BCUT2D eigenvalue weighted by Crippen LogP contribution is -2.55. The van der Waals surface area contributed by atoms with E-state index in [-0.39, 0.29) is 6.42 Å². The first-order valence-corrected chi connectivity index (χ1v) is 9.29. The van der Waals surface area contributed by atoms with Crippen molar-refractivity contribution in [2.24, 2.45) is 5.73 Å². The summed E-state index contributed by atoms with van der Waals surface area (Å²) in [4.78, 5) is 34.5. The van der Waals surface area contributed by atoms with E-state index in [1.165, 1.54) is 20.8 Å². The first-order chi connectivity index (χ1) is 12.8. The van der Waals surface area contributed by atoms with Gasteiger partial charge >= 0.3 is 17.9 Å². The molecule has 154 valence electrons. The largest absolute Gasteiger partial charge is 0.459 e. The molecular weight excluding hydrogens is 358 g/mol. The highest BCUT2D eigenvalue weighted by molar-refractivity contribution is 5.68. The van der Waals surface area contributed by atoms with E-state index in [4.69, 9.17) is 29.4 Å². The zero-order valence-corrected chi connectivity index (χ0v) is 16.1. The molecule has 9 heteroatoms. The molecule has 1 spiro atoms. The second-order valence-corrected chi connectivity index (χ2v) is 6.94. The van der Waals surface area contributed by atoms with Crippen LogP contribution in [0.5, 0.6) is 0 Å². The molecule has 1 heterocycles. The third-order valence-corrected chi connectivity index (χ3v) is 4.55. The average molecular weight is 387 g/mol. The summed E-state index contributed by atoms with van der Waals surface area (Å²) >= 11 is 0. The Morgan fingerprint density at radius 3 is 2.26 bits per heavy atom. The van der Waals surface area contributed by atoms with E-state index >= 15 is 0 Å². The Hall–Kier alpha value is -1.71. The van der Waals surface area contributed by atoms with Gasteiger partial charge in [-0.2, -0.15) is 0 Å². The summed E-state index contributed by atoms with van der Waals surface area (Å²) in [5.41, 5.74) is 4.42. The van der Waals surface area contributed by atoms with Crippen LogP contribution in [0.2, 0.25) is 0 Å². The molecule has 5 atom stereocenters. The Morgan fingerprint density at radius 2 is 1.67 bits per heavy atom. The molecule has 0 aromatic heterocycles. The Balaban J connectivity index is 2.09. The highest BCUT2D eigenvalue weighted by atomic mass is 16.7. The Morgan fingerprint density at radius 1 is 1.00 bits per heavy atom. The molecule has 2 N–H and O–H groups in total. The molecule has 0 aromatic carbocycles. The van der Waals surface area contributed by atoms with Crippen molar-refractivity contribution in [3.63, 3.8) is 0 Å². The standard InChI is InChI=1S/C18H29NO8/c1-11(20)24-14-9-16(23-8-6-4-5-7-19)27-18(17(14)26-13(3)22)10-15(18)25-12(2)21/h14-17H,4-10,19H2,1-3H3/t14-,15?,16-,17-,18?/m1/s1. The van der Waals surface area contributed by atoms with Crippen LogP contribution in [0.25, 0.3) is 0 Å². The smallest absolute Gasteiger partial charge is 0.303 e. The van der Waals surface area contributed by atoms with E-state index < -0.39 is 48.1 Å². The van der Waals surface area contributed by atoms with Gasteiger partial charge in [0.25, 0.3) is 0 Å². The lowest BCUT2D eigenvalue weighted by atomic mass is 9.98. The fourth-order valence-corrected chi connectivity index (χ4v) is 3.40. The average Bonchev–Trinajstić information content (AvgIpc) is 3.21. The minimum absolute atomic E-state index is 0.225. The van der Waals surface area contributed by atoms with Crippen molar-refractivity contribution in [2.75, 3.05) is 13.2 Å². The lowest BCUT2D eigenvalue weighted by molar-refractivity contribution is -0.276. The Labute approximate surface area is 158 Å². The summed E-state index contributed by atoms with van der Waals surface area (Å²) in [6.07, 6.45) is 0.406.